The first-order chi connectivity index (χ1) is 20.9. The van der Waals surface area contributed by atoms with Gasteiger partial charge in [0, 0.05) is 0 Å². The number of carbonyl (C=O) groups excluding carboxylic acids is 3. The van der Waals surface area contributed by atoms with E-state index in [9.17, 15) is 14.4 Å². The van der Waals surface area contributed by atoms with E-state index in [0.29, 0.717) is 72.2 Å². The molecule has 0 unspecified atom stereocenters. The second kappa shape index (κ2) is 29.3. The minimum absolute atomic E-state index is 0. The van der Waals surface area contributed by atoms with Gasteiger partial charge in [0.1, 0.15) is 0 Å². The molecular formula is C36H74Br3N3O6. The number of carbonyl (C=O) groups is 3. The second-order valence-electron chi connectivity index (χ2n) is 16.4. The lowest BCUT2D eigenvalue weighted by Crippen LogP contribution is -3.00. The monoisotopic (exact) mass is 881 g/mol. The molecule has 0 aliphatic heterocycles. The van der Waals surface area contributed by atoms with Gasteiger partial charge in [0.2, 0.25) is 0 Å². The van der Waals surface area contributed by atoms with E-state index >= 15 is 0 Å². The molecule has 12 heteroatoms. The van der Waals surface area contributed by atoms with Gasteiger partial charge in [-0.2, -0.15) is 0 Å². The summed E-state index contributed by atoms with van der Waals surface area (Å²) in [5.74, 6) is -0.651. The fraction of sp³-hybridized carbons (Fsp3) is 0.917. The molecule has 0 aliphatic carbocycles. The predicted molar refractivity (Wildman–Crippen MR) is 184 cm³/mol. The van der Waals surface area contributed by atoms with E-state index in [1.807, 2.05) is 63.4 Å². The van der Waals surface area contributed by atoms with E-state index in [0.717, 1.165) is 19.3 Å². The van der Waals surface area contributed by atoms with E-state index < -0.39 is 0 Å². The third-order valence-corrected chi connectivity index (χ3v) is 8.06. The minimum atomic E-state index is -0.261. The Morgan fingerprint density at radius 3 is 0.917 bits per heavy atom. The van der Waals surface area contributed by atoms with E-state index in [2.05, 4.69) is 6.92 Å². The van der Waals surface area contributed by atoms with E-state index in [1.54, 1.807) is 0 Å². The van der Waals surface area contributed by atoms with Gasteiger partial charge in [0.15, 0.2) is 19.6 Å². The molecule has 0 saturated heterocycles. The number of halogens is 3. The molecule has 0 saturated carbocycles. The molecule has 0 radical (unpaired) electrons. The second-order valence-corrected chi connectivity index (χ2v) is 16.4. The average Bonchev–Trinajstić information content (AvgIpc) is 2.86. The van der Waals surface area contributed by atoms with Gasteiger partial charge in [-0.15, -0.1) is 0 Å². The zero-order valence-corrected chi connectivity index (χ0v) is 37.2. The Hall–Kier alpha value is -0.270. The van der Waals surface area contributed by atoms with Crippen LogP contribution in [-0.2, 0) is 28.6 Å². The highest BCUT2D eigenvalue weighted by atomic mass is 79.9. The summed E-state index contributed by atoms with van der Waals surface area (Å²) in [6.45, 7) is 4.08. The van der Waals surface area contributed by atoms with Crippen LogP contribution >= 0.6 is 0 Å². The number of hydrogen-bond acceptors (Lipinski definition) is 6. The number of unbranched alkanes of at least 4 members (excludes halogenated alkanes) is 11. The number of ether oxygens (including phenoxy) is 3. The molecule has 0 rings (SSSR count). The van der Waals surface area contributed by atoms with Crippen LogP contribution < -0.4 is 50.9 Å². The van der Waals surface area contributed by atoms with Gasteiger partial charge in [0.25, 0.3) is 0 Å². The van der Waals surface area contributed by atoms with Gasteiger partial charge in [-0.25, -0.2) is 14.4 Å². The highest BCUT2D eigenvalue weighted by molar-refractivity contribution is 5.71. The molecule has 0 aromatic rings. The molecule has 0 aromatic carbocycles. The fourth-order valence-corrected chi connectivity index (χ4v) is 5.53. The average molecular weight is 885 g/mol. The molecule has 9 nitrogen and oxygen atoms in total. The Balaban J connectivity index is -0.00000323. The third-order valence-electron chi connectivity index (χ3n) is 8.06. The lowest BCUT2D eigenvalue weighted by molar-refractivity contribution is -0.862. The maximum absolute atomic E-state index is 12.5. The van der Waals surface area contributed by atoms with Crippen LogP contribution in [0.15, 0.2) is 0 Å². The fourth-order valence-electron chi connectivity index (χ4n) is 5.53. The van der Waals surface area contributed by atoms with Crippen molar-refractivity contribution in [2.24, 2.45) is 5.41 Å². The van der Waals surface area contributed by atoms with Gasteiger partial charge in [-0.05, 0) is 31.1 Å². The number of quaternary nitrogens is 3. The molecule has 48 heavy (non-hydrogen) atoms. The summed E-state index contributed by atoms with van der Waals surface area (Å²) in [4.78, 5) is 37.5. The number of rotatable bonds is 28. The smallest absolute Gasteiger partial charge is 0.361 e. The van der Waals surface area contributed by atoms with E-state index in [-0.39, 0.29) is 74.3 Å². The van der Waals surface area contributed by atoms with Crippen LogP contribution in [0.1, 0.15) is 110 Å². The van der Waals surface area contributed by atoms with Crippen LogP contribution in [0.2, 0.25) is 0 Å². The summed E-state index contributed by atoms with van der Waals surface area (Å²) in [6.07, 6.45) is 18.2. The maximum Gasteiger partial charge on any atom is 0.361 e. The molecule has 0 atom stereocenters. The van der Waals surface area contributed by atoms with Crippen molar-refractivity contribution >= 4 is 17.9 Å². The summed E-state index contributed by atoms with van der Waals surface area (Å²) < 4.78 is 18.6. The molecule has 0 aliphatic rings. The third kappa shape index (κ3) is 35.6. The molecular weight excluding hydrogens is 810 g/mol. The maximum atomic E-state index is 12.5. The first kappa shape index (κ1) is 54.5. The normalized spacial score (nSPS) is 11.9. The SMILES string of the molecule is CCCCCCCCCCCCCCC(CCOC(=O)C[N+](C)(C)C)(CCOC(=O)C[N+](C)(C)C)CCOC(=O)C[N+](C)(C)C.[Br-].[Br-].[Br-]. The van der Waals surface area contributed by atoms with Gasteiger partial charge < -0.3 is 78.6 Å². The number of likely N-dealkylation sites (N-methyl/N-ethyl adjacent to an activating group) is 3. The Kier molecular flexibility index (Phi) is 33.3. The van der Waals surface area contributed by atoms with Gasteiger partial charge >= 0.3 is 17.9 Å². The van der Waals surface area contributed by atoms with Crippen molar-refractivity contribution in [2.45, 2.75) is 110 Å². The zero-order chi connectivity index (χ0) is 34.4. The topological polar surface area (TPSA) is 78.9 Å². The van der Waals surface area contributed by atoms with Crippen LogP contribution in [0, 0.1) is 5.41 Å². The van der Waals surface area contributed by atoms with Crippen LogP contribution in [0.25, 0.3) is 0 Å². The highest BCUT2D eigenvalue weighted by Crippen LogP contribution is 2.37. The predicted octanol–water partition coefficient (Wildman–Crippen LogP) is -3.01. The van der Waals surface area contributed by atoms with Crippen LogP contribution in [0.4, 0.5) is 0 Å². The summed E-state index contributed by atoms with van der Waals surface area (Å²) in [5, 5.41) is 0. The quantitative estimate of drug-likeness (QED) is 0.0362. The largest absolute Gasteiger partial charge is 1.00 e. The molecule has 290 valence electrons. The van der Waals surface area contributed by atoms with Crippen molar-refractivity contribution in [2.75, 3.05) is 103 Å². The van der Waals surface area contributed by atoms with Crippen molar-refractivity contribution in [1.29, 1.82) is 0 Å². The summed E-state index contributed by atoms with van der Waals surface area (Å²) in [5.41, 5.74) is -0.261. The Morgan fingerprint density at radius 1 is 0.417 bits per heavy atom. The lowest BCUT2D eigenvalue weighted by Gasteiger charge is -2.34. The van der Waals surface area contributed by atoms with Crippen LogP contribution in [0.5, 0.6) is 0 Å². The standard InChI is InChI=1S/C36H74N3O6.3BrH/c1-11-12-13-14-15-16-17-18-19-20-21-22-23-36(24-27-43-33(40)30-37(2,3)4,25-28-44-34(41)31-38(5,6)7)26-29-45-35(42)32-39(8,9)10;;;/h11-32H2,1-10H3;3*1H/q+3;;;/p-3. The van der Waals surface area contributed by atoms with Crippen molar-refractivity contribution < 1.29 is 93.0 Å². The summed E-state index contributed by atoms with van der Waals surface area (Å²) >= 11 is 0. The Morgan fingerprint density at radius 2 is 0.667 bits per heavy atom. The number of nitrogens with zero attached hydrogens (tertiary/aromatic N) is 3. The molecule has 0 bridgehead atoms. The summed E-state index contributed by atoms with van der Waals surface area (Å²) in [6, 6.07) is 0. The van der Waals surface area contributed by atoms with Crippen molar-refractivity contribution in [3.8, 4) is 0 Å². The number of esters is 3. The van der Waals surface area contributed by atoms with Crippen LogP contribution in [0.3, 0.4) is 0 Å². The molecule has 0 N–H and O–H groups in total. The van der Waals surface area contributed by atoms with Crippen LogP contribution in [-0.4, -0.2) is 134 Å². The Bertz CT molecular complexity index is 744. The molecule has 0 spiro atoms. The molecule has 0 fully saturated rings. The van der Waals surface area contributed by atoms with E-state index in [4.69, 9.17) is 14.2 Å². The van der Waals surface area contributed by atoms with Gasteiger partial charge in [-0.3, -0.25) is 0 Å². The molecule has 0 aromatic heterocycles. The zero-order valence-electron chi connectivity index (χ0n) is 32.5. The first-order valence-electron chi connectivity index (χ1n) is 17.7. The van der Waals surface area contributed by atoms with Gasteiger partial charge in [-0.1, -0.05) is 84.0 Å². The summed E-state index contributed by atoms with van der Waals surface area (Å²) in [7, 11) is 17.7. The van der Waals surface area contributed by atoms with Crippen molar-refractivity contribution in [1.82, 2.24) is 0 Å². The molecule has 0 amide bonds. The highest BCUT2D eigenvalue weighted by Gasteiger charge is 2.32. The minimum Gasteiger partial charge on any atom is -1.00 e. The van der Waals surface area contributed by atoms with Crippen molar-refractivity contribution in [3.63, 3.8) is 0 Å². The van der Waals surface area contributed by atoms with Crippen molar-refractivity contribution in [3.05, 3.63) is 0 Å². The number of hydrogen-bond donors (Lipinski definition) is 0. The first-order valence-corrected chi connectivity index (χ1v) is 17.7. The van der Waals surface area contributed by atoms with Gasteiger partial charge in [0.05, 0.1) is 83.2 Å². The van der Waals surface area contributed by atoms with E-state index in [1.165, 1.54) is 64.2 Å². The Labute approximate surface area is 327 Å². The lowest BCUT2D eigenvalue weighted by atomic mass is 9.74. The molecule has 0 heterocycles.